The second-order valence-corrected chi connectivity index (χ2v) is 4.21. The van der Waals surface area contributed by atoms with Gasteiger partial charge in [-0.05, 0) is 19.9 Å². The van der Waals surface area contributed by atoms with E-state index >= 15 is 0 Å². The Bertz CT molecular complexity index is 417. The molecule has 0 aromatic carbocycles. The van der Waals surface area contributed by atoms with Gasteiger partial charge in [-0.25, -0.2) is 4.98 Å². The van der Waals surface area contributed by atoms with Crippen molar-refractivity contribution in [2.45, 2.75) is 19.4 Å². The van der Waals surface area contributed by atoms with E-state index < -0.39 is 5.60 Å². The van der Waals surface area contributed by atoms with Crippen LogP contribution in [0.25, 0.3) is 0 Å². The van der Waals surface area contributed by atoms with Crippen molar-refractivity contribution >= 4 is 11.3 Å². The van der Waals surface area contributed by atoms with Crippen molar-refractivity contribution in [1.29, 1.82) is 0 Å². The zero-order chi connectivity index (χ0) is 10.2. The number of hydrogen-bond acceptors (Lipinski definition) is 4. The Hall–Kier alpha value is -1.13. The van der Waals surface area contributed by atoms with Gasteiger partial charge in [-0.1, -0.05) is 0 Å². The summed E-state index contributed by atoms with van der Waals surface area (Å²) in [6.07, 6.45) is 3.11. The summed E-state index contributed by atoms with van der Waals surface area (Å²) in [6, 6.07) is 1.76. The molecule has 0 aliphatic heterocycles. The van der Waals surface area contributed by atoms with Gasteiger partial charge in [0, 0.05) is 5.56 Å². The molecule has 2 heterocycles. The summed E-state index contributed by atoms with van der Waals surface area (Å²) in [5, 5.41) is 10.3. The molecule has 0 aliphatic rings. The molecular formula is C10H11NO2S. The van der Waals surface area contributed by atoms with Crippen molar-refractivity contribution in [3.63, 3.8) is 0 Å². The molecule has 0 spiro atoms. The topological polar surface area (TPSA) is 46.3 Å². The molecule has 2 aromatic heterocycles. The predicted octanol–water partition coefficient (Wildman–Crippen LogP) is 2.30. The van der Waals surface area contributed by atoms with Crippen LogP contribution < -0.4 is 0 Å². The van der Waals surface area contributed by atoms with E-state index in [1.54, 1.807) is 31.0 Å². The summed E-state index contributed by atoms with van der Waals surface area (Å²) >= 11 is 1.45. The third kappa shape index (κ3) is 1.36. The standard InChI is InChI=1S/C10H11NO2S/c1-7-9(14-6-11-7)10(2,12)8-3-4-13-5-8/h3-6,12H,1-2H3. The second kappa shape index (κ2) is 3.22. The van der Waals surface area contributed by atoms with Crippen LogP contribution in [0.5, 0.6) is 0 Å². The van der Waals surface area contributed by atoms with Gasteiger partial charge in [0.25, 0.3) is 0 Å². The number of aromatic nitrogens is 1. The van der Waals surface area contributed by atoms with Gasteiger partial charge >= 0.3 is 0 Å². The Morgan fingerprint density at radius 2 is 2.36 bits per heavy atom. The minimum absolute atomic E-state index is 0.754. The lowest BCUT2D eigenvalue weighted by atomic mass is 9.96. The normalized spacial score (nSPS) is 15.4. The minimum Gasteiger partial charge on any atom is -0.472 e. The predicted molar refractivity (Wildman–Crippen MR) is 54.2 cm³/mol. The summed E-state index contributed by atoms with van der Waals surface area (Å²) in [5.41, 5.74) is 2.35. The van der Waals surface area contributed by atoms with Crippen molar-refractivity contribution in [3.8, 4) is 0 Å². The van der Waals surface area contributed by atoms with Crippen LogP contribution in [0, 0.1) is 6.92 Å². The van der Waals surface area contributed by atoms with Crippen LogP contribution in [0.2, 0.25) is 0 Å². The molecule has 74 valence electrons. The Morgan fingerprint density at radius 1 is 1.57 bits per heavy atom. The fourth-order valence-electron chi connectivity index (χ4n) is 1.44. The second-order valence-electron chi connectivity index (χ2n) is 3.35. The Morgan fingerprint density at radius 3 is 2.86 bits per heavy atom. The smallest absolute Gasteiger partial charge is 0.126 e. The van der Waals surface area contributed by atoms with Crippen molar-refractivity contribution in [3.05, 3.63) is 40.2 Å². The van der Waals surface area contributed by atoms with Crippen molar-refractivity contribution in [2.24, 2.45) is 0 Å². The molecule has 1 unspecified atom stereocenters. The van der Waals surface area contributed by atoms with Gasteiger partial charge in [0.2, 0.25) is 0 Å². The summed E-state index contributed by atoms with van der Waals surface area (Å²) in [7, 11) is 0. The summed E-state index contributed by atoms with van der Waals surface area (Å²) in [4.78, 5) is 4.98. The molecule has 0 saturated carbocycles. The van der Waals surface area contributed by atoms with E-state index in [-0.39, 0.29) is 0 Å². The molecule has 14 heavy (non-hydrogen) atoms. The first-order chi connectivity index (χ1) is 6.62. The summed E-state index contributed by atoms with van der Waals surface area (Å²) < 4.78 is 4.96. The Kier molecular flexibility index (Phi) is 2.17. The maximum absolute atomic E-state index is 10.3. The monoisotopic (exact) mass is 209 g/mol. The van der Waals surface area contributed by atoms with Crippen LogP contribution in [0.3, 0.4) is 0 Å². The SMILES string of the molecule is Cc1ncsc1C(C)(O)c1ccoc1. The molecule has 2 rings (SSSR count). The van der Waals surface area contributed by atoms with E-state index in [1.165, 1.54) is 11.3 Å². The van der Waals surface area contributed by atoms with Gasteiger partial charge in [-0.2, -0.15) is 0 Å². The molecule has 1 N–H and O–H groups in total. The van der Waals surface area contributed by atoms with E-state index in [0.717, 1.165) is 16.1 Å². The van der Waals surface area contributed by atoms with E-state index in [2.05, 4.69) is 4.98 Å². The largest absolute Gasteiger partial charge is 0.472 e. The van der Waals surface area contributed by atoms with Gasteiger partial charge in [0.05, 0.1) is 28.6 Å². The van der Waals surface area contributed by atoms with Gasteiger partial charge in [-0.3, -0.25) is 0 Å². The van der Waals surface area contributed by atoms with E-state index in [1.807, 2.05) is 6.92 Å². The number of aliphatic hydroxyl groups is 1. The maximum atomic E-state index is 10.3. The van der Waals surface area contributed by atoms with Crippen molar-refractivity contribution in [1.82, 2.24) is 4.98 Å². The molecule has 0 bridgehead atoms. The number of nitrogens with zero attached hydrogens (tertiary/aromatic N) is 1. The quantitative estimate of drug-likeness (QED) is 0.825. The lowest BCUT2D eigenvalue weighted by Crippen LogP contribution is -2.21. The third-order valence-electron chi connectivity index (χ3n) is 2.27. The highest BCUT2D eigenvalue weighted by molar-refractivity contribution is 7.09. The molecule has 4 heteroatoms. The molecule has 0 fully saturated rings. The van der Waals surface area contributed by atoms with Crippen LogP contribution in [-0.2, 0) is 5.60 Å². The molecule has 2 aromatic rings. The van der Waals surface area contributed by atoms with Crippen LogP contribution in [-0.4, -0.2) is 10.1 Å². The molecular weight excluding hydrogens is 198 g/mol. The van der Waals surface area contributed by atoms with Gasteiger partial charge in [0.15, 0.2) is 0 Å². The lowest BCUT2D eigenvalue weighted by molar-refractivity contribution is 0.105. The highest BCUT2D eigenvalue weighted by atomic mass is 32.1. The van der Waals surface area contributed by atoms with Gasteiger partial charge in [-0.15, -0.1) is 11.3 Å². The van der Waals surface area contributed by atoms with Crippen LogP contribution in [0.4, 0.5) is 0 Å². The van der Waals surface area contributed by atoms with E-state index in [0.29, 0.717) is 0 Å². The number of hydrogen-bond donors (Lipinski definition) is 1. The molecule has 0 aliphatic carbocycles. The van der Waals surface area contributed by atoms with Gasteiger partial charge < -0.3 is 9.52 Å². The Balaban J connectivity index is 2.48. The highest BCUT2D eigenvalue weighted by Crippen LogP contribution is 2.33. The Labute approximate surface area is 86.0 Å². The maximum Gasteiger partial charge on any atom is 0.126 e. The first-order valence-corrected chi connectivity index (χ1v) is 5.16. The molecule has 0 saturated heterocycles. The summed E-state index contributed by atoms with van der Waals surface area (Å²) in [5.74, 6) is 0. The average molecular weight is 209 g/mol. The van der Waals surface area contributed by atoms with Crippen molar-refractivity contribution < 1.29 is 9.52 Å². The molecule has 1 atom stereocenters. The first kappa shape index (κ1) is 9.43. The average Bonchev–Trinajstić information content (AvgIpc) is 2.72. The van der Waals surface area contributed by atoms with Crippen LogP contribution in [0.1, 0.15) is 23.1 Å². The molecule has 3 nitrogen and oxygen atoms in total. The summed E-state index contributed by atoms with van der Waals surface area (Å²) in [6.45, 7) is 3.64. The third-order valence-corrected chi connectivity index (χ3v) is 3.41. The number of aryl methyl sites for hydroxylation is 1. The minimum atomic E-state index is -1.00. The molecule has 0 radical (unpaired) electrons. The fraction of sp³-hybridized carbons (Fsp3) is 0.300. The van der Waals surface area contributed by atoms with Crippen molar-refractivity contribution in [2.75, 3.05) is 0 Å². The zero-order valence-corrected chi connectivity index (χ0v) is 8.84. The number of rotatable bonds is 2. The highest BCUT2D eigenvalue weighted by Gasteiger charge is 2.30. The van der Waals surface area contributed by atoms with Crippen LogP contribution >= 0.6 is 11.3 Å². The number of furan rings is 1. The van der Waals surface area contributed by atoms with Gasteiger partial charge in [0.1, 0.15) is 5.60 Å². The fourth-order valence-corrected chi connectivity index (χ4v) is 2.33. The lowest BCUT2D eigenvalue weighted by Gasteiger charge is -2.20. The van der Waals surface area contributed by atoms with E-state index in [9.17, 15) is 5.11 Å². The van der Waals surface area contributed by atoms with Crippen LogP contribution in [0.15, 0.2) is 28.5 Å². The zero-order valence-electron chi connectivity index (χ0n) is 8.02. The molecule has 0 amide bonds. The van der Waals surface area contributed by atoms with E-state index in [4.69, 9.17) is 4.42 Å². The number of thiazole rings is 1. The first-order valence-electron chi connectivity index (χ1n) is 4.28.